The molecule has 2 heterocycles. The number of anilines is 2. The zero-order valence-electron chi connectivity index (χ0n) is 31.1. The maximum absolute atomic E-state index is 15.1. The number of methoxy groups -OCH3 is 4. The fourth-order valence-electron chi connectivity index (χ4n) is 8.34. The molecular weight excluding hydrogens is 727 g/mol. The molecular formula is C42H46Cl2N4O6. The average molecular weight is 774 g/mol. The number of piperazine rings is 2. The van der Waals surface area contributed by atoms with Gasteiger partial charge in [0.15, 0.2) is 23.0 Å². The van der Waals surface area contributed by atoms with Gasteiger partial charge in [-0.3, -0.25) is 9.59 Å². The third-order valence-corrected chi connectivity index (χ3v) is 11.7. The molecule has 10 nitrogen and oxygen atoms in total. The van der Waals surface area contributed by atoms with Gasteiger partial charge in [-0.25, -0.2) is 0 Å². The minimum atomic E-state index is -0.573. The van der Waals surface area contributed by atoms with E-state index >= 15 is 4.79 Å². The zero-order valence-corrected chi connectivity index (χ0v) is 32.6. The van der Waals surface area contributed by atoms with Crippen LogP contribution in [0.3, 0.4) is 0 Å². The Bertz CT molecular complexity index is 1960. The van der Waals surface area contributed by atoms with Crippen LogP contribution in [0.5, 0.6) is 23.0 Å². The first-order valence-electron chi connectivity index (χ1n) is 18.3. The van der Waals surface area contributed by atoms with Crippen molar-refractivity contribution in [2.75, 3.05) is 90.6 Å². The van der Waals surface area contributed by atoms with Crippen LogP contribution in [0.2, 0.25) is 10.0 Å². The number of carbonyl (C=O) groups is 2. The van der Waals surface area contributed by atoms with Crippen LogP contribution in [0, 0.1) is 5.92 Å². The normalized spacial score (nSPS) is 19.7. The highest BCUT2D eigenvalue weighted by Gasteiger charge is 2.49. The molecule has 0 N–H and O–H groups in total. The highest BCUT2D eigenvalue weighted by molar-refractivity contribution is 6.30. The first-order chi connectivity index (χ1) is 26.2. The van der Waals surface area contributed by atoms with Gasteiger partial charge < -0.3 is 38.5 Å². The molecule has 3 aliphatic rings. The number of carbonyl (C=O) groups excluding carboxylic acids is 2. The minimum absolute atomic E-state index is 0.0185. The van der Waals surface area contributed by atoms with E-state index in [4.69, 9.17) is 42.1 Å². The number of hydrogen-bond donors (Lipinski definition) is 0. The van der Waals surface area contributed by atoms with Crippen molar-refractivity contribution in [3.05, 3.63) is 106 Å². The summed E-state index contributed by atoms with van der Waals surface area (Å²) in [4.78, 5) is 38.0. The summed E-state index contributed by atoms with van der Waals surface area (Å²) in [5.74, 6) is 0.949. The van der Waals surface area contributed by atoms with E-state index in [2.05, 4.69) is 9.80 Å². The fraction of sp³-hybridized carbons (Fsp3) is 0.381. The minimum Gasteiger partial charge on any atom is -0.493 e. The van der Waals surface area contributed by atoms with Crippen molar-refractivity contribution >= 4 is 46.4 Å². The fourth-order valence-corrected chi connectivity index (χ4v) is 8.59. The van der Waals surface area contributed by atoms with Crippen LogP contribution in [-0.4, -0.2) is 102 Å². The van der Waals surface area contributed by atoms with Crippen molar-refractivity contribution in [1.29, 1.82) is 0 Å². The Balaban J connectivity index is 1.22. The van der Waals surface area contributed by atoms with Crippen molar-refractivity contribution < 1.29 is 28.5 Å². The molecule has 2 aliphatic heterocycles. The van der Waals surface area contributed by atoms with E-state index in [1.165, 1.54) is 0 Å². The number of hydrogen-bond acceptors (Lipinski definition) is 8. The van der Waals surface area contributed by atoms with Gasteiger partial charge in [0.25, 0.3) is 0 Å². The molecule has 2 amide bonds. The second-order valence-corrected chi connectivity index (χ2v) is 14.8. The molecule has 2 saturated heterocycles. The monoisotopic (exact) mass is 772 g/mol. The van der Waals surface area contributed by atoms with E-state index in [0.717, 1.165) is 28.1 Å². The lowest BCUT2D eigenvalue weighted by molar-refractivity contribution is -0.138. The lowest BCUT2D eigenvalue weighted by Gasteiger charge is -2.39. The number of ether oxygens (including phenoxy) is 4. The molecule has 7 rings (SSSR count). The van der Waals surface area contributed by atoms with Crippen molar-refractivity contribution in [2.24, 2.45) is 5.92 Å². The van der Waals surface area contributed by atoms with E-state index in [1.807, 2.05) is 88.7 Å². The molecule has 2 fully saturated rings. The zero-order chi connectivity index (χ0) is 37.9. The van der Waals surface area contributed by atoms with Crippen LogP contribution in [0.25, 0.3) is 0 Å². The Hall–Kier alpha value is -4.80. The molecule has 3 unspecified atom stereocenters. The Morgan fingerprint density at radius 1 is 0.574 bits per heavy atom. The van der Waals surface area contributed by atoms with Crippen LogP contribution in [0.1, 0.15) is 34.9 Å². The molecule has 54 heavy (non-hydrogen) atoms. The van der Waals surface area contributed by atoms with Gasteiger partial charge in [0, 0.05) is 92.0 Å². The van der Waals surface area contributed by atoms with E-state index in [9.17, 15) is 4.79 Å². The number of benzene rings is 4. The van der Waals surface area contributed by atoms with E-state index < -0.39 is 11.8 Å². The molecule has 3 atom stereocenters. The molecule has 0 saturated carbocycles. The first-order valence-corrected chi connectivity index (χ1v) is 19.0. The van der Waals surface area contributed by atoms with Gasteiger partial charge in [0.2, 0.25) is 11.8 Å². The Morgan fingerprint density at radius 2 is 1.04 bits per heavy atom. The van der Waals surface area contributed by atoms with Crippen LogP contribution < -0.4 is 28.7 Å². The summed E-state index contributed by atoms with van der Waals surface area (Å²) in [6.45, 7) is 5.02. The summed E-state index contributed by atoms with van der Waals surface area (Å²) in [7, 11) is 6.42. The number of nitrogens with zero attached hydrogens (tertiary/aromatic N) is 4. The summed E-state index contributed by atoms with van der Waals surface area (Å²) >= 11 is 12.3. The SMILES string of the molecule is COc1ccc(C2c3cc(OC)c(OC)cc3C(CC(=O)N3CCN(c4ccc(Cl)cc4)CC3)C2C(=O)N2CCN(c3ccc(Cl)cc3)CC2)cc1OC. The molecule has 1 aliphatic carbocycles. The van der Waals surface area contributed by atoms with Crippen molar-refractivity contribution in [2.45, 2.75) is 18.3 Å². The summed E-state index contributed by atoms with van der Waals surface area (Å²) in [6.07, 6.45) is 0.175. The molecule has 0 bridgehead atoms. The highest BCUT2D eigenvalue weighted by Crippen LogP contribution is 2.55. The summed E-state index contributed by atoms with van der Waals surface area (Å²) in [6, 6.07) is 25.3. The maximum Gasteiger partial charge on any atom is 0.227 e. The number of rotatable bonds is 10. The standard InChI is InChI=1S/C42H46Cl2N4O6/c1-51-35-14-5-27(23-36(35)52-2)40-33-25-38(54-4)37(53-3)24-32(33)34(26-39(49)47-19-15-45(16-20-47)30-10-6-28(43)7-11-30)41(40)42(50)48-21-17-46(18-22-48)31-12-8-29(44)9-13-31/h5-14,23-25,34,40-41H,15-22,26H2,1-4H3. The first kappa shape index (κ1) is 37.5. The predicted molar refractivity (Wildman–Crippen MR) is 212 cm³/mol. The number of fused-ring (bicyclic) bond motifs is 1. The molecule has 12 heteroatoms. The largest absolute Gasteiger partial charge is 0.493 e. The van der Waals surface area contributed by atoms with Gasteiger partial charge in [-0.15, -0.1) is 0 Å². The van der Waals surface area contributed by atoms with Crippen LogP contribution in [0.15, 0.2) is 78.9 Å². The lowest BCUT2D eigenvalue weighted by Crippen LogP contribution is -2.52. The van der Waals surface area contributed by atoms with Gasteiger partial charge in [0.1, 0.15) is 0 Å². The summed E-state index contributed by atoms with van der Waals surface area (Å²) < 4.78 is 22.9. The van der Waals surface area contributed by atoms with Crippen LogP contribution >= 0.6 is 23.2 Å². The highest BCUT2D eigenvalue weighted by atomic mass is 35.5. The molecule has 284 valence electrons. The average Bonchev–Trinajstić information content (AvgIpc) is 3.52. The Morgan fingerprint density at radius 3 is 1.54 bits per heavy atom. The van der Waals surface area contributed by atoms with Crippen LogP contribution in [-0.2, 0) is 9.59 Å². The van der Waals surface area contributed by atoms with Crippen molar-refractivity contribution in [1.82, 2.24) is 9.80 Å². The van der Waals surface area contributed by atoms with E-state index in [0.29, 0.717) is 85.4 Å². The molecule has 0 spiro atoms. The van der Waals surface area contributed by atoms with Crippen molar-refractivity contribution in [3.8, 4) is 23.0 Å². The lowest BCUT2D eigenvalue weighted by atomic mass is 9.79. The van der Waals surface area contributed by atoms with Gasteiger partial charge in [-0.05, 0) is 89.5 Å². The van der Waals surface area contributed by atoms with Gasteiger partial charge in [0.05, 0.1) is 34.4 Å². The van der Waals surface area contributed by atoms with E-state index in [-0.39, 0.29) is 24.2 Å². The van der Waals surface area contributed by atoms with Crippen molar-refractivity contribution in [3.63, 3.8) is 0 Å². The molecule has 0 radical (unpaired) electrons. The third-order valence-electron chi connectivity index (χ3n) is 11.2. The topological polar surface area (TPSA) is 84.0 Å². The predicted octanol–water partition coefficient (Wildman–Crippen LogP) is 6.96. The molecule has 4 aromatic carbocycles. The number of amides is 2. The van der Waals surface area contributed by atoms with Crippen LogP contribution in [0.4, 0.5) is 11.4 Å². The maximum atomic E-state index is 15.1. The van der Waals surface area contributed by atoms with Gasteiger partial charge >= 0.3 is 0 Å². The van der Waals surface area contributed by atoms with Gasteiger partial charge in [-0.2, -0.15) is 0 Å². The van der Waals surface area contributed by atoms with E-state index in [1.54, 1.807) is 28.4 Å². The Labute approximate surface area is 327 Å². The third kappa shape index (κ3) is 7.46. The second kappa shape index (κ2) is 16.3. The smallest absolute Gasteiger partial charge is 0.227 e. The number of halogens is 2. The molecule has 4 aromatic rings. The quantitative estimate of drug-likeness (QED) is 0.171. The molecule has 0 aromatic heterocycles. The Kier molecular flexibility index (Phi) is 11.3. The second-order valence-electron chi connectivity index (χ2n) is 13.9. The van der Waals surface area contributed by atoms with Gasteiger partial charge in [-0.1, -0.05) is 29.3 Å². The summed E-state index contributed by atoms with van der Waals surface area (Å²) in [5.41, 5.74) is 4.89. The summed E-state index contributed by atoms with van der Waals surface area (Å²) in [5, 5.41) is 1.38.